The van der Waals surface area contributed by atoms with Crippen LogP contribution in [0.1, 0.15) is 11.1 Å². The third kappa shape index (κ3) is 3.84. The van der Waals surface area contributed by atoms with E-state index in [1.807, 2.05) is 0 Å². The van der Waals surface area contributed by atoms with Crippen molar-refractivity contribution in [2.24, 2.45) is 0 Å². The molecule has 2 fully saturated rings. The molecular weight excluding hydrogens is 324 g/mol. The molecule has 0 aromatic heterocycles. The molecule has 1 N–H and O–H groups in total. The zero-order valence-corrected chi connectivity index (χ0v) is 15.5. The number of hydrogen-bond donors (Lipinski definition) is 1. The number of aliphatic hydroxyl groups is 1. The van der Waals surface area contributed by atoms with E-state index in [1.54, 1.807) is 0 Å². The smallest absolute Gasteiger partial charge is 0.0834 e. The fourth-order valence-electron chi connectivity index (χ4n) is 4.19. The Hall–Kier alpha value is -1.72. The first kappa shape index (κ1) is 17.7. The highest BCUT2D eigenvalue weighted by Crippen LogP contribution is 2.25. The maximum atomic E-state index is 10.5. The third-order valence-electron chi connectivity index (χ3n) is 5.67. The van der Waals surface area contributed by atoms with Crippen LogP contribution in [0.3, 0.4) is 0 Å². The van der Waals surface area contributed by atoms with Gasteiger partial charge in [0.15, 0.2) is 0 Å². The van der Waals surface area contributed by atoms with Gasteiger partial charge in [-0.3, -0.25) is 9.80 Å². The van der Waals surface area contributed by atoms with Crippen molar-refractivity contribution in [3.05, 3.63) is 59.7 Å². The minimum absolute atomic E-state index is 0.241. The predicted octanol–water partition coefficient (Wildman–Crippen LogP) is 2.54. The summed E-state index contributed by atoms with van der Waals surface area (Å²) in [6.45, 7) is 8.16. The van der Waals surface area contributed by atoms with Crippen molar-refractivity contribution < 1.29 is 9.84 Å². The lowest BCUT2D eigenvalue weighted by Gasteiger charge is -2.33. The number of aliphatic hydroxyl groups excluding tert-OH is 1. The molecule has 2 aliphatic heterocycles. The van der Waals surface area contributed by atoms with E-state index in [9.17, 15) is 5.11 Å². The van der Waals surface area contributed by atoms with Crippen molar-refractivity contribution in [2.45, 2.75) is 25.6 Å². The van der Waals surface area contributed by atoms with Crippen LogP contribution in [0.25, 0.3) is 11.1 Å². The van der Waals surface area contributed by atoms with Gasteiger partial charge in [-0.15, -0.1) is 0 Å². The van der Waals surface area contributed by atoms with Crippen molar-refractivity contribution in [1.82, 2.24) is 9.80 Å². The Bertz CT molecular complexity index is 725. The Kier molecular flexibility index (Phi) is 5.36. The van der Waals surface area contributed by atoms with Gasteiger partial charge in [-0.2, -0.15) is 0 Å². The number of likely N-dealkylation sites (tertiary alicyclic amines) is 1. The molecule has 138 valence electrons. The number of hydrogen-bond acceptors (Lipinski definition) is 4. The Labute approximate surface area is 156 Å². The Morgan fingerprint density at radius 2 is 1.73 bits per heavy atom. The monoisotopic (exact) mass is 352 g/mol. The molecule has 0 unspecified atom stereocenters. The molecule has 2 saturated heterocycles. The first-order chi connectivity index (χ1) is 12.7. The van der Waals surface area contributed by atoms with Crippen molar-refractivity contribution in [3.8, 4) is 11.1 Å². The van der Waals surface area contributed by atoms with Crippen LogP contribution in [-0.4, -0.2) is 66.4 Å². The molecule has 0 spiro atoms. The van der Waals surface area contributed by atoms with Gasteiger partial charge in [-0.1, -0.05) is 48.5 Å². The molecule has 26 heavy (non-hydrogen) atoms. The van der Waals surface area contributed by atoms with Gasteiger partial charge in [0.05, 0.1) is 19.3 Å². The molecular formula is C22H28N2O2. The highest BCUT2D eigenvalue weighted by molar-refractivity contribution is 5.67. The first-order valence-corrected chi connectivity index (χ1v) is 9.58. The Morgan fingerprint density at radius 3 is 2.46 bits per heavy atom. The fourth-order valence-corrected chi connectivity index (χ4v) is 4.19. The van der Waals surface area contributed by atoms with Crippen LogP contribution in [0.5, 0.6) is 0 Å². The molecule has 2 aromatic carbocycles. The van der Waals surface area contributed by atoms with Crippen LogP contribution in [0, 0.1) is 6.92 Å². The van der Waals surface area contributed by atoms with E-state index in [1.165, 1.54) is 22.3 Å². The van der Waals surface area contributed by atoms with Gasteiger partial charge in [0, 0.05) is 38.8 Å². The molecule has 4 heteroatoms. The van der Waals surface area contributed by atoms with E-state index in [2.05, 4.69) is 65.3 Å². The maximum Gasteiger partial charge on any atom is 0.0834 e. The Balaban J connectivity index is 1.39. The summed E-state index contributed by atoms with van der Waals surface area (Å²) >= 11 is 0. The predicted molar refractivity (Wildman–Crippen MR) is 104 cm³/mol. The number of ether oxygens (including phenoxy) is 1. The molecule has 0 bridgehead atoms. The topological polar surface area (TPSA) is 35.9 Å². The summed E-state index contributed by atoms with van der Waals surface area (Å²) < 4.78 is 5.44. The number of β-amino-alcohol motifs (C(OH)–C–C–N with tert-alkyl or cyclic N) is 1. The van der Waals surface area contributed by atoms with Gasteiger partial charge in [0.1, 0.15) is 0 Å². The average Bonchev–Trinajstić information content (AvgIpc) is 3.04. The Morgan fingerprint density at radius 1 is 1.00 bits per heavy atom. The van der Waals surface area contributed by atoms with Crippen molar-refractivity contribution in [1.29, 1.82) is 0 Å². The normalized spacial score (nSPS) is 24.8. The van der Waals surface area contributed by atoms with Crippen LogP contribution in [0.2, 0.25) is 0 Å². The molecule has 0 aliphatic carbocycles. The second-order valence-electron chi connectivity index (χ2n) is 7.49. The minimum atomic E-state index is -0.264. The number of nitrogens with zero attached hydrogens (tertiary/aromatic N) is 2. The fraction of sp³-hybridized carbons (Fsp3) is 0.455. The lowest BCUT2D eigenvalue weighted by molar-refractivity contribution is -0.00618. The summed E-state index contributed by atoms with van der Waals surface area (Å²) in [5.74, 6) is 0. The third-order valence-corrected chi connectivity index (χ3v) is 5.67. The van der Waals surface area contributed by atoms with Crippen LogP contribution in [-0.2, 0) is 11.3 Å². The summed E-state index contributed by atoms with van der Waals surface area (Å²) in [6.07, 6.45) is -0.264. The number of aryl methyl sites for hydroxylation is 1. The van der Waals surface area contributed by atoms with Gasteiger partial charge in [0.25, 0.3) is 0 Å². The molecule has 0 amide bonds. The number of benzene rings is 2. The van der Waals surface area contributed by atoms with Gasteiger partial charge < -0.3 is 9.84 Å². The lowest BCUT2D eigenvalue weighted by atomic mass is 9.99. The molecule has 2 aliphatic rings. The summed E-state index contributed by atoms with van der Waals surface area (Å²) in [6, 6.07) is 17.6. The second kappa shape index (κ2) is 7.89. The second-order valence-corrected chi connectivity index (χ2v) is 7.49. The standard InChI is InChI=1S/C22H28N2O2/c1-17-4-2-3-5-20(17)19-8-6-18(7-9-19)14-23-15-21(22(25)16-23)24-10-12-26-13-11-24/h2-9,21-22,25H,10-16H2,1H3/t21-,22-/m0/s1. The molecule has 2 aromatic rings. The molecule has 2 heterocycles. The number of rotatable bonds is 4. The van der Waals surface area contributed by atoms with Crippen LogP contribution in [0.4, 0.5) is 0 Å². The van der Waals surface area contributed by atoms with Crippen molar-refractivity contribution >= 4 is 0 Å². The first-order valence-electron chi connectivity index (χ1n) is 9.58. The van der Waals surface area contributed by atoms with E-state index < -0.39 is 0 Å². The molecule has 0 saturated carbocycles. The highest BCUT2D eigenvalue weighted by atomic mass is 16.5. The van der Waals surface area contributed by atoms with E-state index in [0.29, 0.717) is 0 Å². The zero-order chi connectivity index (χ0) is 17.9. The van der Waals surface area contributed by atoms with E-state index in [0.717, 1.165) is 45.9 Å². The summed E-state index contributed by atoms with van der Waals surface area (Å²) in [4.78, 5) is 4.75. The summed E-state index contributed by atoms with van der Waals surface area (Å²) in [7, 11) is 0. The van der Waals surface area contributed by atoms with E-state index in [-0.39, 0.29) is 12.1 Å². The molecule has 0 radical (unpaired) electrons. The van der Waals surface area contributed by atoms with Crippen molar-refractivity contribution in [2.75, 3.05) is 39.4 Å². The van der Waals surface area contributed by atoms with Gasteiger partial charge in [-0.05, 0) is 29.2 Å². The zero-order valence-electron chi connectivity index (χ0n) is 15.5. The minimum Gasteiger partial charge on any atom is -0.390 e. The molecule has 2 atom stereocenters. The van der Waals surface area contributed by atoms with Gasteiger partial charge in [-0.25, -0.2) is 0 Å². The largest absolute Gasteiger partial charge is 0.390 e. The van der Waals surface area contributed by atoms with Crippen molar-refractivity contribution in [3.63, 3.8) is 0 Å². The SMILES string of the molecule is Cc1ccccc1-c1ccc(CN2C[C@H](O)[C@@H](N3CCOCC3)C2)cc1. The van der Waals surface area contributed by atoms with Crippen LogP contribution >= 0.6 is 0 Å². The van der Waals surface area contributed by atoms with Crippen LogP contribution in [0.15, 0.2) is 48.5 Å². The quantitative estimate of drug-likeness (QED) is 0.917. The van der Waals surface area contributed by atoms with E-state index >= 15 is 0 Å². The van der Waals surface area contributed by atoms with Gasteiger partial charge >= 0.3 is 0 Å². The average molecular weight is 352 g/mol. The lowest BCUT2D eigenvalue weighted by Crippen LogP contribution is -2.48. The summed E-state index contributed by atoms with van der Waals surface area (Å²) in [5, 5.41) is 10.5. The van der Waals surface area contributed by atoms with Gasteiger partial charge in [0.2, 0.25) is 0 Å². The molecule has 4 rings (SSSR count). The molecule has 4 nitrogen and oxygen atoms in total. The van der Waals surface area contributed by atoms with E-state index in [4.69, 9.17) is 4.74 Å². The summed E-state index contributed by atoms with van der Waals surface area (Å²) in [5.41, 5.74) is 5.16. The maximum absolute atomic E-state index is 10.5. The number of morpholine rings is 1. The van der Waals surface area contributed by atoms with Crippen LogP contribution < -0.4 is 0 Å². The highest BCUT2D eigenvalue weighted by Gasteiger charge is 2.35.